The monoisotopic (exact) mass is 254 g/mol. The van der Waals surface area contributed by atoms with Gasteiger partial charge in [0.1, 0.15) is 11.6 Å². The van der Waals surface area contributed by atoms with E-state index in [4.69, 9.17) is 0 Å². The molecular formula is C13H16F2N2O. The van der Waals surface area contributed by atoms with Crippen molar-refractivity contribution in [3.8, 4) is 0 Å². The standard InChI is InChI=1S/C13H16F2N2O/c1-16-4-6-17(7-5-16)13(18)8-10-2-3-11(14)9-12(10)15/h2-3,9H,4-8H2,1H3. The number of carbonyl (C=O) groups excluding carboxylic acids is 1. The van der Waals surface area contributed by atoms with Gasteiger partial charge in [-0.3, -0.25) is 4.79 Å². The lowest BCUT2D eigenvalue weighted by Gasteiger charge is -2.32. The second-order valence-corrected chi connectivity index (χ2v) is 4.60. The van der Waals surface area contributed by atoms with Crippen molar-refractivity contribution in [1.29, 1.82) is 0 Å². The van der Waals surface area contributed by atoms with E-state index in [1.807, 2.05) is 7.05 Å². The summed E-state index contributed by atoms with van der Waals surface area (Å²) in [5, 5.41) is 0. The lowest BCUT2D eigenvalue weighted by atomic mass is 10.1. The van der Waals surface area contributed by atoms with Gasteiger partial charge >= 0.3 is 0 Å². The highest BCUT2D eigenvalue weighted by molar-refractivity contribution is 5.79. The summed E-state index contributed by atoms with van der Waals surface area (Å²) in [6, 6.07) is 3.32. The number of likely N-dealkylation sites (N-methyl/N-ethyl adjacent to an activating group) is 1. The van der Waals surface area contributed by atoms with Gasteiger partial charge in [-0.15, -0.1) is 0 Å². The molecule has 0 radical (unpaired) electrons. The quantitative estimate of drug-likeness (QED) is 0.794. The third kappa shape index (κ3) is 3.04. The van der Waals surface area contributed by atoms with Gasteiger partial charge in [0.25, 0.3) is 0 Å². The summed E-state index contributed by atoms with van der Waals surface area (Å²) in [5.41, 5.74) is 0.250. The second-order valence-electron chi connectivity index (χ2n) is 4.60. The molecule has 1 saturated heterocycles. The average molecular weight is 254 g/mol. The maximum absolute atomic E-state index is 13.4. The van der Waals surface area contributed by atoms with E-state index in [-0.39, 0.29) is 17.9 Å². The first-order chi connectivity index (χ1) is 8.56. The largest absolute Gasteiger partial charge is 0.340 e. The normalized spacial score (nSPS) is 16.9. The van der Waals surface area contributed by atoms with Gasteiger partial charge in [0.05, 0.1) is 6.42 Å². The maximum Gasteiger partial charge on any atom is 0.227 e. The number of benzene rings is 1. The van der Waals surface area contributed by atoms with Crippen molar-refractivity contribution in [2.45, 2.75) is 6.42 Å². The van der Waals surface area contributed by atoms with E-state index in [2.05, 4.69) is 4.90 Å². The third-order valence-electron chi connectivity index (χ3n) is 3.21. The molecule has 3 nitrogen and oxygen atoms in total. The molecule has 1 aliphatic heterocycles. The number of hydrogen-bond acceptors (Lipinski definition) is 2. The maximum atomic E-state index is 13.4. The van der Waals surface area contributed by atoms with Crippen molar-refractivity contribution >= 4 is 5.91 Å². The van der Waals surface area contributed by atoms with Crippen molar-refractivity contribution in [3.63, 3.8) is 0 Å². The van der Waals surface area contributed by atoms with Crippen LogP contribution in [0.5, 0.6) is 0 Å². The molecular weight excluding hydrogens is 238 g/mol. The molecule has 1 fully saturated rings. The summed E-state index contributed by atoms with van der Waals surface area (Å²) < 4.78 is 26.2. The fraction of sp³-hybridized carbons (Fsp3) is 0.462. The molecule has 2 rings (SSSR count). The number of rotatable bonds is 2. The van der Waals surface area contributed by atoms with Crippen LogP contribution >= 0.6 is 0 Å². The van der Waals surface area contributed by atoms with Gasteiger partial charge in [-0.25, -0.2) is 8.78 Å². The zero-order valence-electron chi connectivity index (χ0n) is 10.3. The minimum Gasteiger partial charge on any atom is -0.340 e. The molecule has 0 atom stereocenters. The number of halogens is 2. The number of carbonyl (C=O) groups is 1. The zero-order valence-corrected chi connectivity index (χ0v) is 10.3. The molecule has 98 valence electrons. The van der Waals surface area contributed by atoms with Gasteiger partial charge in [-0.1, -0.05) is 6.07 Å². The van der Waals surface area contributed by atoms with Crippen LogP contribution in [0.3, 0.4) is 0 Å². The molecule has 1 heterocycles. The Morgan fingerprint density at radius 1 is 1.22 bits per heavy atom. The summed E-state index contributed by atoms with van der Waals surface area (Å²) in [4.78, 5) is 15.8. The van der Waals surface area contributed by atoms with Crippen molar-refractivity contribution in [2.24, 2.45) is 0 Å². The topological polar surface area (TPSA) is 23.6 Å². The van der Waals surface area contributed by atoms with Gasteiger partial charge in [0.2, 0.25) is 5.91 Å². The van der Waals surface area contributed by atoms with Gasteiger partial charge in [-0.05, 0) is 18.7 Å². The summed E-state index contributed by atoms with van der Waals surface area (Å²) in [6.07, 6.45) is -0.00414. The Morgan fingerprint density at radius 3 is 2.50 bits per heavy atom. The fourth-order valence-electron chi connectivity index (χ4n) is 2.00. The summed E-state index contributed by atoms with van der Waals surface area (Å²) >= 11 is 0. The van der Waals surface area contributed by atoms with Gasteiger partial charge in [-0.2, -0.15) is 0 Å². The molecule has 5 heteroatoms. The van der Waals surface area contributed by atoms with Gasteiger partial charge in [0.15, 0.2) is 0 Å². The molecule has 0 spiro atoms. The highest BCUT2D eigenvalue weighted by atomic mass is 19.1. The van der Waals surface area contributed by atoms with E-state index in [1.165, 1.54) is 12.1 Å². The van der Waals surface area contributed by atoms with Crippen molar-refractivity contribution in [2.75, 3.05) is 33.2 Å². The first-order valence-electron chi connectivity index (χ1n) is 5.96. The van der Waals surface area contributed by atoms with Crippen LogP contribution in [-0.4, -0.2) is 48.9 Å². The van der Waals surface area contributed by atoms with Crippen LogP contribution in [0.1, 0.15) is 5.56 Å². The Balaban J connectivity index is 1.98. The van der Waals surface area contributed by atoms with E-state index in [1.54, 1.807) is 4.90 Å². The Bertz CT molecular complexity index is 443. The minimum atomic E-state index is -0.655. The van der Waals surface area contributed by atoms with Crippen LogP contribution in [0.4, 0.5) is 8.78 Å². The first-order valence-corrected chi connectivity index (χ1v) is 5.96. The number of piperazine rings is 1. The van der Waals surface area contributed by atoms with Crippen molar-refractivity contribution in [1.82, 2.24) is 9.80 Å². The Morgan fingerprint density at radius 2 is 1.89 bits per heavy atom. The van der Waals surface area contributed by atoms with E-state index >= 15 is 0 Å². The molecule has 0 aromatic heterocycles. The second kappa shape index (κ2) is 5.44. The zero-order chi connectivity index (χ0) is 13.1. The molecule has 0 aliphatic carbocycles. The highest BCUT2D eigenvalue weighted by Gasteiger charge is 2.20. The lowest BCUT2D eigenvalue weighted by Crippen LogP contribution is -2.47. The molecule has 0 saturated carbocycles. The first kappa shape index (κ1) is 13.0. The summed E-state index contributed by atoms with van der Waals surface area (Å²) in [7, 11) is 2.00. The highest BCUT2D eigenvalue weighted by Crippen LogP contribution is 2.12. The van der Waals surface area contributed by atoms with Crippen LogP contribution in [0.2, 0.25) is 0 Å². The molecule has 18 heavy (non-hydrogen) atoms. The van der Waals surface area contributed by atoms with E-state index in [0.717, 1.165) is 19.2 Å². The van der Waals surface area contributed by atoms with Gasteiger partial charge in [0, 0.05) is 32.2 Å². The average Bonchev–Trinajstić information content (AvgIpc) is 2.33. The Labute approximate surface area is 105 Å². The molecule has 0 N–H and O–H groups in total. The molecule has 1 aliphatic rings. The third-order valence-corrected chi connectivity index (χ3v) is 3.21. The van der Waals surface area contributed by atoms with E-state index < -0.39 is 11.6 Å². The summed E-state index contributed by atoms with van der Waals surface area (Å²) in [5.74, 6) is -1.38. The van der Waals surface area contributed by atoms with Crippen molar-refractivity contribution < 1.29 is 13.6 Å². The van der Waals surface area contributed by atoms with Crippen LogP contribution in [0, 0.1) is 11.6 Å². The van der Waals surface area contributed by atoms with Gasteiger partial charge < -0.3 is 9.80 Å². The summed E-state index contributed by atoms with van der Waals surface area (Å²) in [6.45, 7) is 2.99. The molecule has 0 unspecified atom stereocenters. The van der Waals surface area contributed by atoms with Crippen LogP contribution < -0.4 is 0 Å². The number of amides is 1. The Kier molecular flexibility index (Phi) is 3.91. The minimum absolute atomic E-state index is 0.00414. The molecule has 1 aromatic rings. The molecule has 0 bridgehead atoms. The SMILES string of the molecule is CN1CCN(C(=O)Cc2ccc(F)cc2F)CC1. The predicted octanol–water partition coefficient (Wildman–Crippen LogP) is 1.28. The number of nitrogens with zero attached hydrogens (tertiary/aromatic N) is 2. The molecule has 1 amide bonds. The molecule has 1 aromatic carbocycles. The predicted molar refractivity (Wildman–Crippen MR) is 64.1 cm³/mol. The smallest absolute Gasteiger partial charge is 0.227 e. The van der Waals surface area contributed by atoms with E-state index in [9.17, 15) is 13.6 Å². The van der Waals surface area contributed by atoms with Crippen LogP contribution in [0.15, 0.2) is 18.2 Å². The van der Waals surface area contributed by atoms with Crippen molar-refractivity contribution in [3.05, 3.63) is 35.4 Å². The van der Waals surface area contributed by atoms with Crippen LogP contribution in [-0.2, 0) is 11.2 Å². The van der Waals surface area contributed by atoms with E-state index in [0.29, 0.717) is 13.1 Å². The fourth-order valence-corrected chi connectivity index (χ4v) is 2.00. The lowest BCUT2D eigenvalue weighted by molar-refractivity contribution is -0.132. The Hall–Kier alpha value is -1.49. The van der Waals surface area contributed by atoms with Crippen LogP contribution in [0.25, 0.3) is 0 Å². The number of hydrogen-bond donors (Lipinski definition) is 0.